The van der Waals surface area contributed by atoms with E-state index in [0.717, 1.165) is 54.7 Å². The topological polar surface area (TPSA) is 67.5 Å². The van der Waals surface area contributed by atoms with Crippen LogP contribution in [0.2, 0.25) is 0 Å². The minimum absolute atomic E-state index is 0.0121. The zero-order chi connectivity index (χ0) is 17.9. The smallest absolute Gasteiger partial charge is 0.275 e. The van der Waals surface area contributed by atoms with E-state index < -0.39 is 0 Å². The third-order valence-corrected chi connectivity index (χ3v) is 5.32. The quantitative estimate of drug-likeness (QED) is 0.809. The van der Waals surface area contributed by atoms with E-state index in [1.54, 1.807) is 7.11 Å². The molecule has 1 aliphatic heterocycles. The van der Waals surface area contributed by atoms with Crippen LogP contribution in [0.5, 0.6) is 5.75 Å². The summed E-state index contributed by atoms with van der Waals surface area (Å²) >= 11 is 0. The molecule has 1 atom stereocenters. The molecule has 1 N–H and O–H groups in total. The Balaban J connectivity index is 1.65. The molecule has 6 heteroatoms. The molecule has 1 unspecified atom stereocenters. The minimum Gasteiger partial charge on any atom is -0.493 e. The number of benzene rings is 1. The Bertz CT molecular complexity index is 786. The number of ether oxygens (including phenoxy) is 2. The number of aromatic amines is 1. The predicted molar refractivity (Wildman–Crippen MR) is 97.4 cm³/mol. The van der Waals surface area contributed by atoms with Gasteiger partial charge in [-0.15, -0.1) is 0 Å². The van der Waals surface area contributed by atoms with E-state index in [0.29, 0.717) is 25.5 Å². The summed E-state index contributed by atoms with van der Waals surface area (Å²) < 4.78 is 11.0. The van der Waals surface area contributed by atoms with E-state index >= 15 is 0 Å². The zero-order valence-electron chi connectivity index (χ0n) is 15.2. The number of rotatable bonds is 6. The molecule has 1 aromatic carbocycles. The highest BCUT2D eigenvalue weighted by molar-refractivity contribution is 5.94. The molecular formula is C20H25N3O3. The van der Waals surface area contributed by atoms with Gasteiger partial charge in [0.2, 0.25) is 0 Å². The molecule has 1 aromatic heterocycles. The van der Waals surface area contributed by atoms with Crippen LogP contribution >= 0.6 is 0 Å². The average molecular weight is 355 g/mol. The Labute approximate surface area is 153 Å². The standard InChI is InChI=1S/C20H25N3O3/c1-25-12-5-11-23(17-10-13-26-18-9-3-2-6-15(17)18)20(24)19-14-7-4-8-16(14)21-22-19/h2-3,6,9,17H,4-5,7-8,10-13H2,1H3,(H,21,22). The van der Waals surface area contributed by atoms with Crippen LogP contribution < -0.4 is 4.74 Å². The highest BCUT2D eigenvalue weighted by Gasteiger charge is 2.33. The van der Waals surface area contributed by atoms with Crippen LogP contribution in [0.4, 0.5) is 0 Å². The van der Waals surface area contributed by atoms with Gasteiger partial charge in [0.15, 0.2) is 5.69 Å². The Morgan fingerprint density at radius 1 is 1.38 bits per heavy atom. The number of hydrogen-bond acceptors (Lipinski definition) is 4. The van der Waals surface area contributed by atoms with E-state index in [4.69, 9.17) is 9.47 Å². The van der Waals surface area contributed by atoms with Gasteiger partial charge in [0.25, 0.3) is 5.91 Å². The van der Waals surface area contributed by atoms with Gasteiger partial charge in [-0.05, 0) is 31.7 Å². The van der Waals surface area contributed by atoms with Crippen LogP contribution in [0.3, 0.4) is 0 Å². The molecule has 0 saturated heterocycles. The van der Waals surface area contributed by atoms with Crippen LogP contribution in [0.15, 0.2) is 24.3 Å². The normalized spacial score (nSPS) is 18.1. The largest absolute Gasteiger partial charge is 0.493 e. The summed E-state index contributed by atoms with van der Waals surface area (Å²) in [4.78, 5) is 15.4. The summed E-state index contributed by atoms with van der Waals surface area (Å²) in [7, 11) is 1.69. The van der Waals surface area contributed by atoms with Crippen LogP contribution in [-0.2, 0) is 17.6 Å². The van der Waals surface area contributed by atoms with Crippen molar-refractivity contribution in [2.75, 3.05) is 26.9 Å². The second-order valence-electron chi connectivity index (χ2n) is 6.92. The summed E-state index contributed by atoms with van der Waals surface area (Å²) in [6, 6.07) is 8.03. The molecule has 26 heavy (non-hydrogen) atoms. The third-order valence-electron chi connectivity index (χ3n) is 5.32. The number of aromatic nitrogens is 2. The number of fused-ring (bicyclic) bond motifs is 2. The molecule has 0 radical (unpaired) electrons. The molecule has 6 nitrogen and oxygen atoms in total. The molecular weight excluding hydrogens is 330 g/mol. The van der Waals surface area contributed by atoms with Crippen molar-refractivity contribution in [1.29, 1.82) is 0 Å². The summed E-state index contributed by atoms with van der Waals surface area (Å²) in [6.07, 6.45) is 4.60. The second-order valence-corrected chi connectivity index (χ2v) is 6.92. The summed E-state index contributed by atoms with van der Waals surface area (Å²) in [5.41, 5.74) is 3.90. The van der Waals surface area contributed by atoms with E-state index in [9.17, 15) is 4.79 Å². The summed E-state index contributed by atoms with van der Waals surface area (Å²) in [5.74, 6) is 0.891. The van der Waals surface area contributed by atoms with Crippen molar-refractivity contribution >= 4 is 5.91 Å². The lowest BCUT2D eigenvalue weighted by Gasteiger charge is -2.35. The highest BCUT2D eigenvalue weighted by Crippen LogP contribution is 2.37. The number of nitrogens with one attached hydrogen (secondary N) is 1. The first-order valence-corrected chi connectivity index (χ1v) is 9.37. The third kappa shape index (κ3) is 3.09. The van der Waals surface area contributed by atoms with Gasteiger partial charge in [-0.3, -0.25) is 9.89 Å². The molecule has 0 bridgehead atoms. The Kier molecular flexibility index (Phi) is 4.93. The van der Waals surface area contributed by atoms with Gasteiger partial charge in [-0.25, -0.2) is 0 Å². The van der Waals surface area contributed by atoms with Crippen molar-refractivity contribution in [3.8, 4) is 5.75 Å². The fraction of sp³-hybridized carbons (Fsp3) is 0.500. The number of nitrogens with zero attached hydrogens (tertiary/aromatic N) is 2. The molecule has 2 aromatic rings. The van der Waals surface area contributed by atoms with Gasteiger partial charge in [-0.2, -0.15) is 5.10 Å². The first kappa shape index (κ1) is 17.1. The molecule has 4 rings (SSSR count). The van der Waals surface area contributed by atoms with Crippen LogP contribution in [-0.4, -0.2) is 47.9 Å². The van der Waals surface area contributed by atoms with Crippen molar-refractivity contribution in [1.82, 2.24) is 15.1 Å². The minimum atomic E-state index is 0.0121. The molecule has 1 amide bonds. The number of carbonyl (C=O) groups is 1. The van der Waals surface area contributed by atoms with Crippen LogP contribution in [0.1, 0.15) is 52.6 Å². The van der Waals surface area contributed by atoms with Crippen molar-refractivity contribution in [3.05, 3.63) is 46.8 Å². The Hall–Kier alpha value is -2.34. The molecule has 2 heterocycles. The van der Waals surface area contributed by atoms with Gasteiger partial charge < -0.3 is 14.4 Å². The Morgan fingerprint density at radius 2 is 2.27 bits per heavy atom. The number of para-hydroxylation sites is 1. The van der Waals surface area contributed by atoms with Crippen molar-refractivity contribution in [2.45, 2.75) is 38.1 Å². The van der Waals surface area contributed by atoms with Gasteiger partial charge in [0.1, 0.15) is 5.75 Å². The average Bonchev–Trinajstić information content (AvgIpc) is 3.28. The van der Waals surface area contributed by atoms with Gasteiger partial charge in [0, 0.05) is 43.5 Å². The SMILES string of the molecule is COCCCN(C(=O)c1n[nH]c2c1CCC2)C1CCOc2ccccc21. The summed E-state index contributed by atoms with van der Waals surface area (Å²) in [6.45, 7) is 1.90. The maximum Gasteiger partial charge on any atom is 0.275 e. The van der Waals surface area contributed by atoms with Crippen molar-refractivity contribution < 1.29 is 14.3 Å². The van der Waals surface area contributed by atoms with Crippen LogP contribution in [0.25, 0.3) is 0 Å². The van der Waals surface area contributed by atoms with E-state index in [2.05, 4.69) is 16.3 Å². The maximum atomic E-state index is 13.4. The summed E-state index contributed by atoms with van der Waals surface area (Å²) in [5, 5.41) is 7.42. The molecule has 0 spiro atoms. The molecule has 1 aliphatic carbocycles. The number of carbonyl (C=O) groups excluding carboxylic acids is 1. The first-order chi connectivity index (χ1) is 12.8. The highest BCUT2D eigenvalue weighted by atomic mass is 16.5. The molecule has 138 valence electrons. The number of H-pyrrole nitrogens is 1. The van der Waals surface area contributed by atoms with Crippen molar-refractivity contribution in [2.24, 2.45) is 0 Å². The molecule has 0 saturated carbocycles. The second kappa shape index (κ2) is 7.50. The predicted octanol–water partition coefficient (Wildman–Crippen LogP) is 2.90. The van der Waals surface area contributed by atoms with Crippen molar-refractivity contribution in [3.63, 3.8) is 0 Å². The zero-order valence-corrected chi connectivity index (χ0v) is 15.2. The lowest BCUT2D eigenvalue weighted by molar-refractivity contribution is 0.0589. The number of methoxy groups -OCH3 is 1. The molecule has 2 aliphatic rings. The van der Waals surface area contributed by atoms with E-state index in [1.807, 2.05) is 23.1 Å². The monoisotopic (exact) mass is 355 g/mol. The number of hydrogen-bond donors (Lipinski definition) is 1. The number of aryl methyl sites for hydroxylation is 1. The fourth-order valence-corrected chi connectivity index (χ4v) is 4.06. The molecule has 0 fully saturated rings. The lowest BCUT2D eigenvalue weighted by atomic mass is 9.98. The Morgan fingerprint density at radius 3 is 3.15 bits per heavy atom. The van der Waals surface area contributed by atoms with Gasteiger partial charge in [0.05, 0.1) is 12.6 Å². The van der Waals surface area contributed by atoms with E-state index in [-0.39, 0.29) is 11.9 Å². The maximum absolute atomic E-state index is 13.4. The lowest BCUT2D eigenvalue weighted by Crippen LogP contribution is -2.39. The fourth-order valence-electron chi connectivity index (χ4n) is 4.06. The van der Waals surface area contributed by atoms with E-state index in [1.165, 1.54) is 0 Å². The van der Waals surface area contributed by atoms with Gasteiger partial charge in [-0.1, -0.05) is 18.2 Å². The van der Waals surface area contributed by atoms with Crippen LogP contribution in [0, 0.1) is 0 Å². The van der Waals surface area contributed by atoms with Gasteiger partial charge >= 0.3 is 0 Å². The number of amides is 1. The first-order valence-electron chi connectivity index (χ1n) is 9.37.